The maximum atomic E-state index is 12.5. The maximum absolute atomic E-state index is 12.5. The van der Waals surface area contributed by atoms with Crippen LogP contribution in [0.1, 0.15) is 9.67 Å². The number of amides is 1. The van der Waals surface area contributed by atoms with Gasteiger partial charge in [-0.25, -0.2) is 4.98 Å². The van der Waals surface area contributed by atoms with E-state index < -0.39 is 0 Å². The third kappa shape index (κ3) is 3.65. The average Bonchev–Trinajstić information content (AvgIpc) is 3.30. The first-order chi connectivity index (χ1) is 11.6. The van der Waals surface area contributed by atoms with Crippen LogP contribution in [0.4, 0.5) is 5.69 Å². The quantitative estimate of drug-likeness (QED) is 0.687. The van der Waals surface area contributed by atoms with E-state index in [1.54, 1.807) is 17.4 Å². The Bertz CT molecular complexity index is 784. The van der Waals surface area contributed by atoms with E-state index in [0.717, 1.165) is 17.2 Å². The molecule has 0 aliphatic heterocycles. The molecule has 24 heavy (non-hydrogen) atoms. The molecular weight excluding hydrogens is 322 g/mol. The lowest BCUT2D eigenvalue weighted by Crippen LogP contribution is -2.34. The van der Waals surface area contributed by atoms with Crippen molar-refractivity contribution >= 4 is 22.9 Å². The SMILES string of the molecule is CN(CCN(C)c1ccccc1)C(=O)c1cnc(-c2ccco2)s1. The number of para-hydroxylation sites is 1. The van der Waals surface area contributed by atoms with Crippen molar-refractivity contribution in [3.8, 4) is 10.8 Å². The van der Waals surface area contributed by atoms with E-state index >= 15 is 0 Å². The van der Waals surface area contributed by atoms with Gasteiger partial charge in [0.15, 0.2) is 10.8 Å². The first-order valence-electron chi connectivity index (χ1n) is 7.66. The molecule has 0 fully saturated rings. The smallest absolute Gasteiger partial charge is 0.265 e. The summed E-state index contributed by atoms with van der Waals surface area (Å²) in [5.74, 6) is 0.664. The third-order valence-electron chi connectivity index (χ3n) is 3.76. The Balaban J connectivity index is 1.59. The molecule has 0 unspecified atom stereocenters. The van der Waals surface area contributed by atoms with Crippen LogP contribution in [0.2, 0.25) is 0 Å². The lowest BCUT2D eigenvalue weighted by molar-refractivity contribution is 0.0803. The molecule has 0 aliphatic carbocycles. The minimum Gasteiger partial charge on any atom is -0.462 e. The molecule has 0 N–H and O–H groups in total. The highest BCUT2D eigenvalue weighted by Crippen LogP contribution is 2.26. The number of anilines is 1. The molecule has 0 atom stereocenters. The van der Waals surface area contributed by atoms with Crippen LogP contribution in [0.15, 0.2) is 59.3 Å². The minimum absolute atomic E-state index is 0.0215. The van der Waals surface area contributed by atoms with Crippen LogP contribution in [0.3, 0.4) is 0 Å². The van der Waals surface area contributed by atoms with Crippen molar-refractivity contribution in [3.63, 3.8) is 0 Å². The van der Waals surface area contributed by atoms with Crippen molar-refractivity contribution in [2.75, 3.05) is 32.1 Å². The van der Waals surface area contributed by atoms with E-state index in [0.29, 0.717) is 17.2 Å². The third-order valence-corrected chi connectivity index (χ3v) is 4.76. The molecule has 0 saturated carbocycles. The Labute approximate surface area is 145 Å². The second kappa shape index (κ2) is 7.31. The summed E-state index contributed by atoms with van der Waals surface area (Å²) in [6.45, 7) is 1.40. The van der Waals surface area contributed by atoms with Gasteiger partial charge >= 0.3 is 0 Å². The standard InChI is InChI=1S/C18H19N3O2S/c1-20(14-7-4-3-5-8-14)10-11-21(2)18(22)16-13-19-17(24-16)15-9-6-12-23-15/h3-9,12-13H,10-11H2,1-2H3. The zero-order chi connectivity index (χ0) is 16.9. The van der Waals surface area contributed by atoms with Crippen LogP contribution in [-0.2, 0) is 0 Å². The summed E-state index contributed by atoms with van der Waals surface area (Å²) in [6.07, 6.45) is 3.21. The van der Waals surface area contributed by atoms with Crippen molar-refractivity contribution in [2.45, 2.75) is 0 Å². The fourth-order valence-corrected chi connectivity index (χ4v) is 3.17. The van der Waals surface area contributed by atoms with Gasteiger partial charge in [-0.3, -0.25) is 4.79 Å². The Morgan fingerprint density at radius 2 is 1.92 bits per heavy atom. The molecule has 2 heterocycles. The lowest BCUT2D eigenvalue weighted by Gasteiger charge is -2.23. The Morgan fingerprint density at radius 3 is 2.62 bits per heavy atom. The second-order valence-corrected chi connectivity index (χ2v) is 6.52. The Kier molecular flexibility index (Phi) is 4.96. The molecule has 0 radical (unpaired) electrons. The number of likely N-dealkylation sites (N-methyl/N-ethyl adjacent to an activating group) is 2. The molecule has 0 spiro atoms. The predicted octanol–water partition coefficient (Wildman–Crippen LogP) is 3.61. The van der Waals surface area contributed by atoms with Crippen molar-refractivity contribution in [1.82, 2.24) is 9.88 Å². The molecule has 124 valence electrons. The molecule has 1 amide bonds. The van der Waals surface area contributed by atoms with Gasteiger partial charge in [0.2, 0.25) is 0 Å². The van der Waals surface area contributed by atoms with Crippen LogP contribution in [0.5, 0.6) is 0 Å². The summed E-state index contributed by atoms with van der Waals surface area (Å²) in [4.78, 5) is 21.3. The Hall–Kier alpha value is -2.60. The van der Waals surface area contributed by atoms with Crippen molar-refractivity contribution in [2.24, 2.45) is 0 Å². The van der Waals surface area contributed by atoms with Crippen LogP contribution in [0, 0.1) is 0 Å². The van der Waals surface area contributed by atoms with Crippen molar-refractivity contribution in [1.29, 1.82) is 0 Å². The van der Waals surface area contributed by atoms with Gasteiger partial charge in [0.1, 0.15) is 4.88 Å². The fourth-order valence-electron chi connectivity index (χ4n) is 2.29. The van der Waals surface area contributed by atoms with Crippen LogP contribution >= 0.6 is 11.3 Å². The number of nitrogens with zero attached hydrogens (tertiary/aromatic N) is 3. The Morgan fingerprint density at radius 1 is 1.12 bits per heavy atom. The van der Waals surface area contributed by atoms with Gasteiger partial charge in [0.05, 0.1) is 12.5 Å². The number of carbonyl (C=O) groups excluding carboxylic acids is 1. The number of benzene rings is 1. The number of rotatable bonds is 6. The summed E-state index contributed by atoms with van der Waals surface area (Å²) in [5.41, 5.74) is 1.14. The summed E-state index contributed by atoms with van der Waals surface area (Å²) in [5, 5.41) is 0.721. The zero-order valence-corrected chi connectivity index (χ0v) is 14.5. The predicted molar refractivity (Wildman–Crippen MR) is 96.5 cm³/mol. The lowest BCUT2D eigenvalue weighted by atomic mass is 10.3. The molecular formula is C18H19N3O2S. The fraction of sp³-hybridized carbons (Fsp3) is 0.222. The summed E-state index contributed by atoms with van der Waals surface area (Å²) >= 11 is 1.35. The van der Waals surface area contributed by atoms with Crippen LogP contribution in [-0.4, -0.2) is 43.0 Å². The summed E-state index contributed by atoms with van der Waals surface area (Å²) in [7, 11) is 3.84. The second-order valence-electron chi connectivity index (χ2n) is 5.49. The molecule has 3 aromatic rings. The summed E-state index contributed by atoms with van der Waals surface area (Å²) < 4.78 is 5.32. The number of furan rings is 1. The first-order valence-corrected chi connectivity index (χ1v) is 8.48. The van der Waals surface area contributed by atoms with Gasteiger partial charge in [-0.15, -0.1) is 11.3 Å². The molecule has 3 rings (SSSR count). The van der Waals surface area contributed by atoms with Gasteiger partial charge in [-0.05, 0) is 24.3 Å². The number of thiazole rings is 1. The molecule has 1 aromatic carbocycles. The van der Waals surface area contributed by atoms with E-state index in [2.05, 4.69) is 22.0 Å². The van der Waals surface area contributed by atoms with Crippen LogP contribution < -0.4 is 4.90 Å². The molecule has 0 saturated heterocycles. The van der Waals surface area contributed by atoms with Crippen molar-refractivity contribution in [3.05, 3.63) is 59.8 Å². The van der Waals surface area contributed by atoms with Crippen LogP contribution in [0.25, 0.3) is 10.8 Å². The molecule has 2 aromatic heterocycles. The van der Waals surface area contributed by atoms with E-state index in [1.807, 2.05) is 44.4 Å². The average molecular weight is 341 g/mol. The number of aromatic nitrogens is 1. The molecule has 0 aliphatic rings. The maximum Gasteiger partial charge on any atom is 0.265 e. The number of hydrogen-bond acceptors (Lipinski definition) is 5. The first kappa shape index (κ1) is 16.3. The highest BCUT2D eigenvalue weighted by Gasteiger charge is 2.17. The highest BCUT2D eigenvalue weighted by molar-refractivity contribution is 7.16. The summed E-state index contributed by atoms with van der Waals surface area (Å²) in [6, 6.07) is 13.8. The largest absolute Gasteiger partial charge is 0.462 e. The van der Waals surface area contributed by atoms with E-state index in [-0.39, 0.29) is 5.91 Å². The highest BCUT2D eigenvalue weighted by atomic mass is 32.1. The van der Waals surface area contributed by atoms with Crippen molar-refractivity contribution < 1.29 is 9.21 Å². The minimum atomic E-state index is -0.0215. The molecule has 6 heteroatoms. The van der Waals surface area contributed by atoms with E-state index in [4.69, 9.17) is 4.42 Å². The zero-order valence-electron chi connectivity index (χ0n) is 13.7. The number of carbonyl (C=O) groups is 1. The number of hydrogen-bond donors (Lipinski definition) is 0. The van der Waals surface area contributed by atoms with Gasteiger partial charge < -0.3 is 14.2 Å². The van der Waals surface area contributed by atoms with Gasteiger partial charge in [0.25, 0.3) is 5.91 Å². The molecule has 5 nitrogen and oxygen atoms in total. The van der Waals surface area contributed by atoms with Gasteiger partial charge in [-0.2, -0.15) is 0 Å². The van der Waals surface area contributed by atoms with E-state index in [1.165, 1.54) is 11.3 Å². The molecule has 0 bridgehead atoms. The van der Waals surface area contributed by atoms with Gasteiger partial charge in [0, 0.05) is 32.9 Å². The topological polar surface area (TPSA) is 49.6 Å². The van der Waals surface area contributed by atoms with Gasteiger partial charge in [-0.1, -0.05) is 18.2 Å². The monoisotopic (exact) mass is 341 g/mol. The van der Waals surface area contributed by atoms with E-state index in [9.17, 15) is 4.79 Å². The normalized spacial score (nSPS) is 10.6.